The Kier molecular flexibility index (Phi) is 5.26. The fourth-order valence-electron chi connectivity index (χ4n) is 3.18. The van der Waals surface area contributed by atoms with Gasteiger partial charge >= 0.3 is 0 Å². The van der Waals surface area contributed by atoms with E-state index in [0.29, 0.717) is 5.41 Å². The first kappa shape index (κ1) is 15.6. The maximum Gasteiger partial charge on any atom is 0.00700 e. The minimum atomic E-state index is 0.381. The Labute approximate surface area is 125 Å². The van der Waals surface area contributed by atoms with Crippen LogP contribution in [0.2, 0.25) is 0 Å². The molecule has 0 bridgehead atoms. The average Bonchev–Trinajstić information content (AvgIpc) is 2.89. The second kappa shape index (κ2) is 6.76. The molecular weight excluding hydrogens is 242 g/mol. The maximum atomic E-state index is 2.65. The van der Waals surface area contributed by atoms with Crippen LogP contribution in [0.5, 0.6) is 0 Å². The van der Waals surface area contributed by atoms with Crippen LogP contribution in [0.15, 0.2) is 24.3 Å². The van der Waals surface area contributed by atoms with Crippen molar-refractivity contribution in [2.45, 2.75) is 65.8 Å². The third kappa shape index (κ3) is 4.94. The first-order chi connectivity index (χ1) is 9.44. The van der Waals surface area contributed by atoms with Gasteiger partial charge in [0.1, 0.15) is 0 Å². The molecule has 1 unspecified atom stereocenters. The Bertz CT molecular complexity index is 393. The molecule has 0 aromatic heterocycles. The van der Waals surface area contributed by atoms with Gasteiger partial charge in [0.25, 0.3) is 0 Å². The zero-order valence-electron chi connectivity index (χ0n) is 13.8. The van der Waals surface area contributed by atoms with Crippen molar-refractivity contribution in [3.8, 4) is 0 Å². The highest BCUT2D eigenvalue weighted by Gasteiger charge is 2.17. The molecule has 0 radical (unpaired) electrons. The Hall–Kier alpha value is -0.820. The van der Waals surface area contributed by atoms with Gasteiger partial charge in [0.15, 0.2) is 0 Å². The molecule has 20 heavy (non-hydrogen) atoms. The summed E-state index contributed by atoms with van der Waals surface area (Å²) >= 11 is 0. The van der Waals surface area contributed by atoms with E-state index < -0.39 is 0 Å². The van der Waals surface area contributed by atoms with E-state index in [1.165, 1.54) is 49.9 Å². The summed E-state index contributed by atoms with van der Waals surface area (Å²) in [7, 11) is 0. The molecule has 0 aliphatic carbocycles. The van der Waals surface area contributed by atoms with E-state index in [1.54, 1.807) is 0 Å². The monoisotopic (exact) mass is 273 g/mol. The lowest BCUT2D eigenvalue weighted by Gasteiger charge is -2.23. The van der Waals surface area contributed by atoms with Crippen LogP contribution >= 0.6 is 0 Å². The highest BCUT2D eigenvalue weighted by molar-refractivity contribution is 5.23. The SMILES string of the molecule is CC(CCc1ccc(CC(C)(C)C)cc1)N1CCCC1. The van der Waals surface area contributed by atoms with Crippen LogP contribution < -0.4 is 0 Å². The molecule has 1 heterocycles. The smallest absolute Gasteiger partial charge is 0.00700 e. The number of likely N-dealkylation sites (tertiary alicyclic amines) is 1. The topological polar surface area (TPSA) is 3.24 Å². The van der Waals surface area contributed by atoms with Crippen molar-refractivity contribution in [3.05, 3.63) is 35.4 Å². The molecule has 2 rings (SSSR count). The van der Waals surface area contributed by atoms with Crippen molar-refractivity contribution < 1.29 is 0 Å². The molecule has 112 valence electrons. The van der Waals surface area contributed by atoms with E-state index in [0.717, 1.165) is 12.5 Å². The first-order valence-corrected chi connectivity index (χ1v) is 8.26. The number of hydrogen-bond donors (Lipinski definition) is 0. The third-order valence-electron chi connectivity index (χ3n) is 4.37. The van der Waals surface area contributed by atoms with Crippen molar-refractivity contribution >= 4 is 0 Å². The maximum absolute atomic E-state index is 2.65. The molecule has 1 aliphatic rings. The molecule has 1 fully saturated rings. The summed E-state index contributed by atoms with van der Waals surface area (Å²) in [5, 5.41) is 0. The van der Waals surface area contributed by atoms with Gasteiger partial charge in [-0.3, -0.25) is 0 Å². The first-order valence-electron chi connectivity index (χ1n) is 8.26. The van der Waals surface area contributed by atoms with Gasteiger partial charge in [-0.15, -0.1) is 0 Å². The Balaban J connectivity index is 1.81. The summed E-state index contributed by atoms with van der Waals surface area (Å²) in [6.45, 7) is 11.9. The molecular formula is C19H31N. The van der Waals surface area contributed by atoms with Crippen molar-refractivity contribution in [1.82, 2.24) is 4.90 Å². The van der Waals surface area contributed by atoms with Crippen molar-refractivity contribution in [1.29, 1.82) is 0 Å². The molecule has 0 N–H and O–H groups in total. The van der Waals surface area contributed by atoms with E-state index in [9.17, 15) is 0 Å². The van der Waals surface area contributed by atoms with Crippen LogP contribution in [0.4, 0.5) is 0 Å². The molecule has 0 amide bonds. The molecule has 1 saturated heterocycles. The fraction of sp³-hybridized carbons (Fsp3) is 0.684. The van der Waals surface area contributed by atoms with Crippen LogP contribution in [0, 0.1) is 5.41 Å². The van der Waals surface area contributed by atoms with E-state index in [1.807, 2.05) is 0 Å². The van der Waals surface area contributed by atoms with Gasteiger partial charge in [-0.25, -0.2) is 0 Å². The lowest BCUT2D eigenvalue weighted by atomic mass is 9.88. The summed E-state index contributed by atoms with van der Waals surface area (Å²) in [6, 6.07) is 10.0. The van der Waals surface area contributed by atoms with Crippen molar-refractivity contribution in [2.75, 3.05) is 13.1 Å². The summed E-state index contributed by atoms with van der Waals surface area (Å²) in [4.78, 5) is 2.65. The Morgan fingerprint density at radius 3 is 2.10 bits per heavy atom. The molecule has 1 aliphatic heterocycles. The van der Waals surface area contributed by atoms with Gasteiger partial charge in [-0.1, -0.05) is 45.0 Å². The highest BCUT2D eigenvalue weighted by Crippen LogP contribution is 2.21. The predicted molar refractivity (Wildman–Crippen MR) is 88.2 cm³/mol. The van der Waals surface area contributed by atoms with Crippen LogP contribution in [0.1, 0.15) is 58.1 Å². The van der Waals surface area contributed by atoms with Crippen LogP contribution in [0.3, 0.4) is 0 Å². The highest BCUT2D eigenvalue weighted by atomic mass is 15.2. The fourth-order valence-corrected chi connectivity index (χ4v) is 3.18. The predicted octanol–water partition coefficient (Wildman–Crippen LogP) is 4.69. The van der Waals surface area contributed by atoms with Gasteiger partial charge in [0.05, 0.1) is 0 Å². The minimum Gasteiger partial charge on any atom is -0.301 e. The van der Waals surface area contributed by atoms with E-state index in [4.69, 9.17) is 0 Å². The number of benzene rings is 1. The molecule has 1 aromatic carbocycles. The van der Waals surface area contributed by atoms with Gasteiger partial charge < -0.3 is 4.90 Å². The van der Waals surface area contributed by atoms with Crippen molar-refractivity contribution in [3.63, 3.8) is 0 Å². The summed E-state index contributed by atoms with van der Waals surface area (Å²) < 4.78 is 0. The van der Waals surface area contributed by atoms with Crippen molar-refractivity contribution in [2.24, 2.45) is 5.41 Å². The van der Waals surface area contributed by atoms with Gasteiger partial charge in [0.2, 0.25) is 0 Å². The molecule has 1 atom stereocenters. The molecule has 0 spiro atoms. The van der Waals surface area contributed by atoms with Gasteiger partial charge in [0, 0.05) is 6.04 Å². The molecule has 0 saturated carbocycles. The van der Waals surface area contributed by atoms with Crippen LogP contribution in [-0.2, 0) is 12.8 Å². The average molecular weight is 273 g/mol. The van der Waals surface area contributed by atoms with E-state index in [-0.39, 0.29) is 0 Å². The lowest BCUT2D eigenvalue weighted by Crippen LogP contribution is -2.30. The molecule has 1 nitrogen and oxygen atoms in total. The summed E-state index contributed by atoms with van der Waals surface area (Å²) in [6.07, 6.45) is 6.46. The van der Waals surface area contributed by atoms with Crippen LogP contribution in [-0.4, -0.2) is 24.0 Å². The van der Waals surface area contributed by atoms with E-state index >= 15 is 0 Å². The van der Waals surface area contributed by atoms with E-state index in [2.05, 4.69) is 56.9 Å². The lowest BCUT2D eigenvalue weighted by molar-refractivity contribution is 0.247. The number of nitrogens with zero attached hydrogens (tertiary/aromatic N) is 1. The standard InChI is InChI=1S/C19H31N/c1-16(20-13-5-6-14-20)7-8-17-9-11-18(12-10-17)15-19(2,3)4/h9-12,16H,5-8,13-15H2,1-4H3. The number of aryl methyl sites for hydroxylation is 1. The second-order valence-corrected chi connectivity index (χ2v) is 7.68. The number of hydrogen-bond acceptors (Lipinski definition) is 1. The zero-order valence-corrected chi connectivity index (χ0v) is 13.8. The molecule has 1 heteroatoms. The summed E-state index contributed by atoms with van der Waals surface area (Å²) in [5.41, 5.74) is 3.34. The normalized spacial score (nSPS) is 18.4. The van der Waals surface area contributed by atoms with Crippen LogP contribution in [0.25, 0.3) is 0 Å². The molecule has 1 aromatic rings. The zero-order chi connectivity index (χ0) is 14.6. The Morgan fingerprint density at radius 2 is 1.55 bits per heavy atom. The number of rotatable bonds is 5. The Morgan fingerprint density at radius 1 is 1.00 bits per heavy atom. The third-order valence-corrected chi connectivity index (χ3v) is 4.37. The minimum absolute atomic E-state index is 0.381. The second-order valence-electron chi connectivity index (χ2n) is 7.68. The largest absolute Gasteiger partial charge is 0.301 e. The van der Waals surface area contributed by atoms with Gasteiger partial charge in [-0.05, 0) is 68.7 Å². The van der Waals surface area contributed by atoms with Gasteiger partial charge in [-0.2, -0.15) is 0 Å². The quantitative estimate of drug-likeness (QED) is 0.752. The summed E-state index contributed by atoms with van der Waals surface area (Å²) in [5.74, 6) is 0.